The van der Waals surface area contributed by atoms with Crippen LogP contribution in [-0.4, -0.2) is 38.0 Å². The van der Waals surface area contributed by atoms with Gasteiger partial charge < -0.3 is 14.8 Å². The molecule has 0 saturated carbocycles. The van der Waals surface area contributed by atoms with Crippen LogP contribution in [-0.2, 0) is 9.47 Å². The lowest BCUT2D eigenvalue weighted by atomic mass is 9.97. The molecule has 3 atom stereocenters. The van der Waals surface area contributed by atoms with Crippen molar-refractivity contribution in [2.75, 3.05) is 19.8 Å². The molecule has 0 aromatic carbocycles. The molecule has 0 spiro atoms. The number of hydrogen-bond acceptors (Lipinski definition) is 3. The molecule has 118 valence electrons. The van der Waals surface area contributed by atoms with Crippen LogP contribution in [0.4, 0.5) is 0 Å². The monoisotopic (exact) mass is 283 g/mol. The molecule has 2 saturated heterocycles. The molecule has 0 aromatic heterocycles. The molecule has 2 heterocycles. The number of hydrogen-bond donors (Lipinski definition) is 1. The quantitative estimate of drug-likeness (QED) is 0.700. The summed E-state index contributed by atoms with van der Waals surface area (Å²) in [7, 11) is 0. The largest absolute Gasteiger partial charge is 0.378 e. The summed E-state index contributed by atoms with van der Waals surface area (Å²) >= 11 is 0. The van der Waals surface area contributed by atoms with Crippen molar-refractivity contribution >= 4 is 0 Å². The van der Waals surface area contributed by atoms with Gasteiger partial charge in [0, 0.05) is 19.3 Å². The first kappa shape index (κ1) is 16.3. The van der Waals surface area contributed by atoms with E-state index in [9.17, 15) is 0 Å². The Balaban J connectivity index is 1.58. The fourth-order valence-corrected chi connectivity index (χ4v) is 3.52. The van der Waals surface area contributed by atoms with E-state index in [0.717, 1.165) is 19.8 Å². The summed E-state index contributed by atoms with van der Waals surface area (Å²) in [5.41, 5.74) is 0. The van der Waals surface area contributed by atoms with Crippen molar-refractivity contribution in [3.05, 3.63) is 0 Å². The van der Waals surface area contributed by atoms with Gasteiger partial charge in [0.2, 0.25) is 0 Å². The molecule has 0 aromatic rings. The van der Waals surface area contributed by atoms with Crippen molar-refractivity contribution in [3.8, 4) is 0 Å². The first-order valence-electron chi connectivity index (χ1n) is 8.85. The van der Waals surface area contributed by atoms with E-state index in [-0.39, 0.29) is 0 Å². The van der Waals surface area contributed by atoms with Crippen molar-refractivity contribution in [2.45, 2.75) is 89.4 Å². The van der Waals surface area contributed by atoms with Gasteiger partial charge in [-0.1, -0.05) is 6.92 Å². The van der Waals surface area contributed by atoms with Crippen LogP contribution in [0.2, 0.25) is 0 Å². The van der Waals surface area contributed by atoms with Crippen molar-refractivity contribution < 1.29 is 9.47 Å². The minimum Gasteiger partial charge on any atom is -0.378 e. The van der Waals surface area contributed by atoms with Crippen LogP contribution < -0.4 is 5.32 Å². The molecular formula is C17H33NO2. The van der Waals surface area contributed by atoms with Gasteiger partial charge in [-0.2, -0.15) is 0 Å². The van der Waals surface area contributed by atoms with Crippen molar-refractivity contribution in [3.63, 3.8) is 0 Å². The summed E-state index contributed by atoms with van der Waals surface area (Å²) in [6, 6.07) is 0.673. The standard InChI is InChI=1S/C17H33NO2/c1-2-18-15(7-5-9-16-10-6-14-20-16)11-12-17-8-3-4-13-19-17/h15-18H,2-14H2,1H3. The Kier molecular flexibility index (Phi) is 7.92. The topological polar surface area (TPSA) is 30.5 Å². The highest BCUT2D eigenvalue weighted by Gasteiger charge is 2.18. The summed E-state index contributed by atoms with van der Waals surface area (Å²) < 4.78 is 11.6. The predicted octanol–water partition coefficient (Wildman–Crippen LogP) is 3.66. The van der Waals surface area contributed by atoms with Crippen molar-refractivity contribution in [2.24, 2.45) is 0 Å². The Morgan fingerprint density at radius 2 is 1.70 bits per heavy atom. The third-order valence-corrected chi connectivity index (χ3v) is 4.71. The van der Waals surface area contributed by atoms with Crippen LogP contribution in [0.3, 0.4) is 0 Å². The summed E-state index contributed by atoms with van der Waals surface area (Å²) in [6.45, 7) is 5.26. The smallest absolute Gasteiger partial charge is 0.0576 e. The van der Waals surface area contributed by atoms with Crippen LogP contribution in [0.1, 0.15) is 71.1 Å². The minimum atomic E-state index is 0.531. The summed E-state index contributed by atoms with van der Waals surface area (Å²) in [4.78, 5) is 0. The first-order valence-corrected chi connectivity index (χ1v) is 8.85. The van der Waals surface area contributed by atoms with E-state index in [4.69, 9.17) is 9.47 Å². The zero-order valence-corrected chi connectivity index (χ0v) is 13.2. The molecule has 20 heavy (non-hydrogen) atoms. The van der Waals surface area contributed by atoms with Gasteiger partial charge >= 0.3 is 0 Å². The first-order chi connectivity index (χ1) is 9.88. The fourth-order valence-electron chi connectivity index (χ4n) is 3.52. The van der Waals surface area contributed by atoms with E-state index < -0.39 is 0 Å². The number of rotatable bonds is 9. The van der Waals surface area contributed by atoms with Gasteiger partial charge in [0.25, 0.3) is 0 Å². The van der Waals surface area contributed by atoms with Crippen LogP contribution in [0.15, 0.2) is 0 Å². The van der Waals surface area contributed by atoms with Crippen LogP contribution in [0.5, 0.6) is 0 Å². The molecule has 2 fully saturated rings. The third-order valence-electron chi connectivity index (χ3n) is 4.71. The maximum atomic E-state index is 5.84. The second-order valence-corrected chi connectivity index (χ2v) is 6.39. The molecule has 3 unspecified atom stereocenters. The van der Waals surface area contributed by atoms with E-state index in [1.807, 2.05) is 0 Å². The Bertz CT molecular complexity index is 235. The number of ether oxygens (including phenoxy) is 2. The van der Waals surface area contributed by atoms with Gasteiger partial charge in [-0.25, -0.2) is 0 Å². The normalized spacial score (nSPS) is 28.6. The molecule has 0 radical (unpaired) electrons. The molecule has 2 aliphatic heterocycles. The van der Waals surface area contributed by atoms with Gasteiger partial charge in [0.15, 0.2) is 0 Å². The molecule has 0 bridgehead atoms. The van der Waals surface area contributed by atoms with Gasteiger partial charge in [-0.3, -0.25) is 0 Å². The van der Waals surface area contributed by atoms with E-state index in [1.165, 1.54) is 64.2 Å². The molecule has 2 rings (SSSR count). The zero-order chi connectivity index (χ0) is 14.0. The van der Waals surface area contributed by atoms with E-state index >= 15 is 0 Å². The zero-order valence-electron chi connectivity index (χ0n) is 13.2. The lowest BCUT2D eigenvalue weighted by Gasteiger charge is -2.25. The van der Waals surface area contributed by atoms with Crippen molar-refractivity contribution in [1.82, 2.24) is 5.32 Å². The highest BCUT2D eigenvalue weighted by molar-refractivity contribution is 4.73. The van der Waals surface area contributed by atoms with E-state index in [1.54, 1.807) is 0 Å². The van der Waals surface area contributed by atoms with Gasteiger partial charge in [-0.15, -0.1) is 0 Å². The van der Waals surface area contributed by atoms with Gasteiger partial charge in [-0.05, 0) is 70.8 Å². The molecule has 0 amide bonds. The van der Waals surface area contributed by atoms with E-state index in [2.05, 4.69) is 12.2 Å². The molecule has 2 aliphatic rings. The average molecular weight is 283 g/mol. The summed E-state index contributed by atoms with van der Waals surface area (Å²) in [5, 5.41) is 3.65. The number of nitrogens with one attached hydrogen (secondary N) is 1. The van der Waals surface area contributed by atoms with Gasteiger partial charge in [0.1, 0.15) is 0 Å². The molecule has 0 aliphatic carbocycles. The Hall–Kier alpha value is -0.120. The second-order valence-electron chi connectivity index (χ2n) is 6.39. The second kappa shape index (κ2) is 9.75. The van der Waals surface area contributed by atoms with Crippen LogP contribution >= 0.6 is 0 Å². The Morgan fingerprint density at radius 1 is 0.950 bits per heavy atom. The maximum absolute atomic E-state index is 5.84. The average Bonchev–Trinajstić information content (AvgIpc) is 2.99. The Morgan fingerprint density at radius 3 is 2.35 bits per heavy atom. The highest BCUT2D eigenvalue weighted by atomic mass is 16.5. The summed E-state index contributed by atoms with van der Waals surface area (Å²) in [6.07, 6.45) is 13.9. The summed E-state index contributed by atoms with van der Waals surface area (Å²) in [5.74, 6) is 0. The van der Waals surface area contributed by atoms with E-state index in [0.29, 0.717) is 18.2 Å². The van der Waals surface area contributed by atoms with Crippen molar-refractivity contribution in [1.29, 1.82) is 0 Å². The molecule has 1 N–H and O–H groups in total. The van der Waals surface area contributed by atoms with Crippen LogP contribution in [0.25, 0.3) is 0 Å². The SMILES string of the molecule is CCNC(CCCC1CCCO1)CCC1CCCCO1. The molecule has 3 heteroatoms. The lowest BCUT2D eigenvalue weighted by molar-refractivity contribution is 0.00834. The maximum Gasteiger partial charge on any atom is 0.0576 e. The van der Waals surface area contributed by atoms with Gasteiger partial charge in [0.05, 0.1) is 12.2 Å². The lowest BCUT2D eigenvalue weighted by Crippen LogP contribution is -2.31. The highest BCUT2D eigenvalue weighted by Crippen LogP contribution is 2.21. The molecule has 3 nitrogen and oxygen atoms in total. The molecular weight excluding hydrogens is 250 g/mol. The third kappa shape index (κ3) is 6.11. The fraction of sp³-hybridized carbons (Fsp3) is 1.00. The Labute approximate surface area is 124 Å². The minimum absolute atomic E-state index is 0.531. The van der Waals surface area contributed by atoms with Crippen LogP contribution in [0, 0.1) is 0 Å². The predicted molar refractivity (Wildman–Crippen MR) is 83.1 cm³/mol.